The van der Waals surface area contributed by atoms with E-state index in [1.807, 2.05) is 0 Å². The van der Waals surface area contributed by atoms with E-state index < -0.39 is 5.97 Å². The van der Waals surface area contributed by atoms with Gasteiger partial charge in [0.05, 0.1) is 0 Å². The number of carboxylic acid groups (broad SMARTS) is 1. The number of pyridine rings is 1. The van der Waals surface area contributed by atoms with Crippen molar-refractivity contribution in [2.24, 2.45) is 0 Å². The van der Waals surface area contributed by atoms with Crippen LogP contribution in [0.25, 0.3) is 5.65 Å². The minimum absolute atomic E-state index is 0.130. The lowest BCUT2D eigenvalue weighted by Gasteiger charge is -1.98. The van der Waals surface area contributed by atoms with Crippen LogP contribution in [0.4, 0.5) is 5.82 Å². The van der Waals surface area contributed by atoms with Crippen molar-refractivity contribution in [1.29, 1.82) is 0 Å². The summed E-state index contributed by atoms with van der Waals surface area (Å²) in [6.45, 7) is 0. The van der Waals surface area contributed by atoms with Gasteiger partial charge in [0.15, 0.2) is 5.65 Å². The molecule has 6 heteroatoms. The number of hydrogen-bond acceptors (Lipinski definition) is 3. The summed E-state index contributed by atoms with van der Waals surface area (Å²) in [7, 11) is 0. The molecular weight excluding hydrogens is 250 g/mol. The van der Waals surface area contributed by atoms with E-state index in [9.17, 15) is 4.79 Å². The van der Waals surface area contributed by atoms with E-state index >= 15 is 0 Å². The zero-order chi connectivity index (χ0) is 10.3. The molecule has 3 N–H and O–H groups in total. The molecule has 2 rings (SSSR count). The fraction of sp³-hybridized carbons (Fsp3) is 0. The lowest BCUT2D eigenvalue weighted by molar-refractivity contribution is 0.0698. The Labute approximate surface area is 87.3 Å². The molecular formula is C8H6BrN3O2. The smallest absolute Gasteiger partial charge is 0.339 e. The molecule has 0 atom stereocenters. The number of nitrogens with zero attached hydrogens (tertiary/aromatic N) is 2. The predicted octanol–water partition coefficient (Wildman–Crippen LogP) is 1.38. The molecule has 0 spiro atoms. The molecule has 0 aliphatic rings. The third kappa shape index (κ3) is 1.15. The molecule has 0 unspecified atom stereocenters. The quantitative estimate of drug-likeness (QED) is 0.807. The van der Waals surface area contributed by atoms with Crippen molar-refractivity contribution >= 4 is 33.4 Å². The lowest BCUT2D eigenvalue weighted by Crippen LogP contribution is -2.01. The van der Waals surface area contributed by atoms with Crippen LogP contribution in [0.5, 0.6) is 0 Å². The Hall–Kier alpha value is -1.56. The van der Waals surface area contributed by atoms with Crippen LogP contribution in [0.2, 0.25) is 0 Å². The fourth-order valence-corrected chi connectivity index (χ4v) is 1.58. The van der Waals surface area contributed by atoms with Gasteiger partial charge in [-0.1, -0.05) is 0 Å². The molecule has 0 fully saturated rings. The van der Waals surface area contributed by atoms with Gasteiger partial charge in [0.1, 0.15) is 16.0 Å². The fourth-order valence-electron chi connectivity index (χ4n) is 1.23. The largest absolute Gasteiger partial charge is 0.478 e. The highest BCUT2D eigenvalue weighted by molar-refractivity contribution is 9.10. The molecule has 14 heavy (non-hydrogen) atoms. The Morgan fingerprint density at radius 3 is 3.00 bits per heavy atom. The summed E-state index contributed by atoms with van der Waals surface area (Å²) in [6.07, 6.45) is 1.66. The van der Waals surface area contributed by atoms with Crippen molar-refractivity contribution in [3.63, 3.8) is 0 Å². The molecule has 0 aliphatic heterocycles. The number of rotatable bonds is 1. The molecule has 2 heterocycles. The highest BCUT2D eigenvalue weighted by Gasteiger charge is 2.13. The van der Waals surface area contributed by atoms with Crippen LogP contribution in [0.15, 0.2) is 22.9 Å². The van der Waals surface area contributed by atoms with E-state index in [0.717, 1.165) is 0 Å². The number of fused-ring (bicyclic) bond motifs is 1. The van der Waals surface area contributed by atoms with Gasteiger partial charge in [-0.3, -0.25) is 4.40 Å². The second-order valence-corrected chi connectivity index (χ2v) is 3.46. The van der Waals surface area contributed by atoms with Crippen LogP contribution >= 0.6 is 15.9 Å². The lowest BCUT2D eigenvalue weighted by atomic mass is 10.3. The van der Waals surface area contributed by atoms with Gasteiger partial charge >= 0.3 is 5.97 Å². The molecule has 0 bridgehead atoms. The van der Waals surface area contributed by atoms with Crippen LogP contribution in [-0.4, -0.2) is 20.5 Å². The maximum Gasteiger partial charge on any atom is 0.339 e. The minimum atomic E-state index is -1.02. The molecule has 5 nitrogen and oxygen atoms in total. The first kappa shape index (κ1) is 9.01. The molecule has 0 aliphatic carbocycles. The Morgan fingerprint density at radius 2 is 2.36 bits per heavy atom. The number of nitrogen functional groups attached to an aromatic ring is 1. The zero-order valence-corrected chi connectivity index (χ0v) is 8.52. The maximum absolute atomic E-state index is 10.8. The topological polar surface area (TPSA) is 80.6 Å². The number of carbonyl (C=O) groups is 1. The number of anilines is 1. The van der Waals surface area contributed by atoms with Gasteiger partial charge in [0.2, 0.25) is 0 Å². The van der Waals surface area contributed by atoms with Gasteiger partial charge in [-0.15, -0.1) is 0 Å². The molecule has 2 aromatic rings. The highest BCUT2D eigenvalue weighted by Crippen LogP contribution is 2.22. The number of carboxylic acids is 1. The normalized spacial score (nSPS) is 10.6. The number of nitrogens with two attached hydrogens (primary N) is 1. The molecule has 72 valence electrons. The SMILES string of the molecule is Nc1c(Br)nc2c(C(=O)O)cccn12. The van der Waals surface area contributed by atoms with E-state index in [1.54, 1.807) is 12.3 Å². The molecule has 2 aromatic heterocycles. The van der Waals surface area contributed by atoms with Crippen molar-refractivity contribution in [3.8, 4) is 0 Å². The molecule has 0 saturated carbocycles. The monoisotopic (exact) mass is 255 g/mol. The standard InChI is InChI=1S/C8H6BrN3O2/c9-5-6(10)12-3-1-2-4(8(13)14)7(12)11-5/h1-3H,10H2,(H,13,14). The zero-order valence-electron chi connectivity index (χ0n) is 6.94. The molecule has 0 radical (unpaired) electrons. The predicted molar refractivity (Wildman–Crippen MR) is 54.3 cm³/mol. The van der Waals surface area contributed by atoms with E-state index in [4.69, 9.17) is 10.8 Å². The second-order valence-electron chi connectivity index (χ2n) is 2.71. The van der Waals surface area contributed by atoms with Gasteiger partial charge in [-0.25, -0.2) is 9.78 Å². The number of aromatic carboxylic acids is 1. The number of aromatic nitrogens is 2. The summed E-state index contributed by atoms with van der Waals surface area (Å²) >= 11 is 3.14. The first-order valence-corrected chi connectivity index (χ1v) is 4.56. The average molecular weight is 256 g/mol. The van der Waals surface area contributed by atoms with E-state index in [0.29, 0.717) is 16.1 Å². The Morgan fingerprint density at radius 1 is 1.64 bits per heavy atom. The van der Waals surface area contributed by atoms with Crippen molar-refractivity contribution in [2.45, 2.75) is 0 Å². The van der Waals surface area contributed by atoms with Crippen molar-refractivity contribution in [1.82, 2.24) is 9.38 Å². The second kappa shape index (κ2) is 2.98. The van der Waals surface area contributed by atoms with Crippen LogP contribution in [0, 0.1) is 0 Å². The third-order valence-corrected chi connectivity index (χ3v) is 2.46. The summed E-state index contributed by atoms with van der Waals surface area (Å²) in [6, 6.07) is 3.09. The van der Waals surface area contributed by atoms with E-state index in [1.165, 1.54) is 10.5 Å². The number of imidazole rings is 1. The van der Waals surface area contributed by atoms with E-state index in [-0.39, 0.29) is 5.56 Å². The van der Waals surface area contributed by atoms with Crippen molar-refractivity contribution in [2.75, 3.05) is 5.73 Å². The van der Waals surface area contributed by atoms with Crippen LogP contribution in [-0.2, 0) is 0 Å². The third-order valence-electron chi connectivity index (χ3n) is 1.87. The highest BCUT2D eigenvalue weighted by atomic mass is 79.9. The van der Waals surface area contributed by atoms with Gasteiger partial charge in [-0.2, -0.15) is 0 Å². The summed E-state index contributed by atoms with van der Waals surface area (Å²) in [5, 5.41) is 8.87. The first-order valence-electron chi connectivity index (χ1n) is 3.76. The Balaban J connectivity index is 2.88. The van der Waals surface area contributed by atoms with Crippen LogP contribution < -0.4 is 5.73 Å². The Bertz CT molecular complexity index is 521. The molecule has 0 amide bonds. The number of halogens is 1. The summed E-state index contributed by atoms with van der Waals surface area (Å²) in [4.78, 5) is 14.8. The van der Waals surface area contributed by atoms with E-state index in [2.05, 4.69) is 20.9 Å². The first-order chi connectivity index (χ1) is 6.61. The van der Waals surface area contributed by atoms with Crippen LogP contribution in [0.3, 0.4) is 0 Å². The maximum atomic E-state index is 10.8. The minimum Gasteiger partial charge on any atom is -0.478 e. The summed E-state index contributed by atoms with van der Waals surface area (Å²) < 4.78 is 1.97. The summed E-state index contributed by atoms with van der Waals surface area (Å²) in [5.74, 6) is -0.629. The van der Waals surface area contributed by atoms with Gasteiger partial charge < -0.3 is 10.8 Å². The van der Waals surface area contributed by atoms with Crippen molar-refractivity contribution < 1.29 is 9.90 Å². The van der Waals surface area contributed by atoms with Gasteiger partial charge in [0, 0.05) is 6.20 Å². The van der Waals surface area contributed by atoms with Gasteiger partial charge in [0.25, 0.3) is 0 Å². The molecule has 0 saturated heterocycles. The summed E-state index contributed by atoms with van der Waals surface area (Å²) in [5.41, 5.74) is 6.13. The molecule has 0 aromatic carbocycles. The number of hydrogen-bond donors (Lipinski definition) is 2. The van der Waals surface area contributed by atoms with Crippen LogP contribution in [0.1, 0.15) is 10.4 Å². The van der Waals surface area contributed by atoms with Gasteiger partial charge in [-0.05, 0) is 28.1 Å². The van der Waals surface area contributed by atoms with Crippen molar-refractivity contribution in [3.05, 3.63) is 28.5 Å². The average Bonchev–Trinajstić information content (AvgIpc) is 2.43. The Kier molecular flexibility index (Phi) is 1.92.